The van der Waals surface area contributed by atoms with Crippen LogP contribution < -0.4 is 4.74 Å². The van der Waals surface area contributed by atoms with Crippen molar-refractivity contribution in [3.63, 3.8) is 0 Å². The van der Waals surface area contributed by atoms with E-state index < -0.39 is 17.2 Å². The first kappa shape index (κ1) is 12.8. The topological polar surface area (TPSA) is 46.5 Å². The molecule has 0 bridgehead atoms. The molecule has 0 aliphatic rings. The second-order valence-electron chi connectivity index (χ2n) is 3.56. The molecule has 0 amide bonds. The van der Waals surface area contributed by atoms with Gasteiger partial charge in [-0.15, -0.1) is 11.6 Å². The van der Waals surface area contributed by atoms with E-state index in [4.69, 9.17) is 21.4 Å². The van der Waals surface area contributed by atoms with Crippen molar-refractivity contribution in [2.45, 2.75) is 25.3 Å². The smallest absolute Gasteiger partial charge is 0.326 e. The van der Waals surface area contributed by atoms with Gasteiger partial charge in [-0.1, -0.05) is 6.07 Å². The first-order valence-electron chi connectivity index (χ1n) is 4.74. The van der Waals surface area contributed by atoms with Gasteiger partial charge in [0.05, 0.1) is 6.10 Å². The Labute approximate surface area is 97.8 Å². The van der Waals surface area contributed by atoms with Gasteiger partial charge in [-0.2, -0.15) is 0 Å². The molecule has 0 radical (unpaired) electrons. The van der Waals surface area contributed by atoms with E-state index in [2.05, 4.69) is 0 Å². The molecular weight excluding hydrogens is 235 g/mol. The first-order chi connectivity index (χ1) is 7.41. The molecule has 1 N–H and O–H groups in total. The summed E-state index contributed by atoms with van der Waals surface area (Å²) in [7, 11) is 0. The zero-order valence-corrected chi connectivity index (χ0v) is 9.66. The van der Waals surface area contributed by atoms with Crippen molar-refractivity contribution in [2.24, 2.45) is 0 Å². The van der Waals surface area contributed by atoms with Crippen LogP contribution in [0.25, 0.3) is 0 Å². The Morgan fingerprint density at radius 2 is 2.12 bits per heavy atom. The highest BCUT2D eigenvalue weighted by molar-refractivity contribution is 6.29. The van der Waals surface area contributed by atoms with Gasteiger partial charge in [-0.3, -0.25) is 4.79 Å². The minimum absolute atomic E-state index is 0.0907. The predicted octanol–water partition coefficient (Wildman–Crippen LogP) is 2.98. The summed E-state index contributed by atoms with van der Waals surface area (Å²) in [6.45, 7) is 3.55. The molecule has 0 fully saturated rings. The summed E-state index contributed by atoms with van der Waals surface area (Å²) in [5, 5.41) is 7.41. The van der Waals surface area contributed by atoms with E-state index in [1.54, 1.807) is 13.8 Å². The fourth-order valence-corrected chi connectivity index (χ4v) is 1.30. The van der Waals surface area contributed by atoms with Crippen LogP contribution in [0.3, 0.4) is 0 Å². The number of ether oxygens (including phenoxy) is 1. The number of alkyl halides is 1. The summed E-state index contributed by atoms with van der Waals surface area (Å²) in [5.74, 6) is -1.73. The normalized spacial score (nSPS) is 12.6. The Morgan fingerprint density at radius 1 is 1.50 bits per heavy atom. The van der Waals surface area contributed by atoms with Gasteiger partial charge in [0.15, 0.2) is 16.9 Å². The fraction of sp³-hybridized carbons (Fsp3) is 0.364. The SMILES string of the molecule is CC(C)Oc1ccc(C(Cl)C(=O)O)cc1F. The molecule has 1 rings (SSSR count). The van der Waals surface area contributed by atoms with Crippen LogP contribution in [0.4, 0.5) is 4.39 Å². The highest BCUT2D eigenvalue weighted by Crippen LogP contribution is 2.26. The second kappa shape index (κ2) is 5.16. The molecule has 1 atom stereocenters. The van der Waals surface area contributed by atoms with Gasteiger partial charge in [-0.05, 0) is 31.5 Å². The summed E-state index contributed by atoms with van der Waals surface area (Å²) in [6.07, 6.45) is -0.147. The highest BCUT2D eigenvalue weighted by atomic mass is 35.5. The number of carboxylic acids is 1. The Balaban J connectivity index is 2.95. The van der Waals surface area contributed by atoms with E-state index in [1.807, 2.05) is 0 Å². The number of hydrogen-bond donors (Lipinski definition) is 1. The average Bonchev–Trinajstić information content (AvgIpc) is 2.19. The van der Waals surface area contributed by atoms with Gasteiger partial charge in [0.2, 0.25) is 0 Å². The Hall–Kier alpha value is -1.29. The minimum atomic E-state index is -1.25. The number of hydrogen-bond acceptors (Lipinski definition) is 2. The summed E-state index contributed by atoms with van der Waals surface area (Å²) in [6, 6.07) is 3.89. The van der Waals surface area contributed by atoms with Crippen molar-refractivity contribution >= 4 is 17.6 Å². The highest BCUT2D eigenvalue weighted by Gasteiger charge is 2.18. The van der Waals surface area contributed by atoms with Crippen LogP contribution in [-0.4, -0.2) is 17.2 Å². The monoisotopic (exact) mass is 246 g/mol. The van der Waals surface area contributed by atoms with Gasteiger partial charge in [-0.25, -0.2) is 4.39 Å². The quantitative estimate of drug-likeness (QED) is 0.831. The van der Waals surface area contributed by atoms with Crippen molar-refractivity contribution in [3.8, 4) is 5.75 Å². The van der Waals surface area contributed by atoms with Crippen LogP contribution in [0, 0.1) is 5.82 Å². The molecule has 0 aromatic heterocycles. The molecule has 0 heterocycles. The second-order valence-corrected chi connectivity index (χ2v) is 3.99. The van der Waals surface area contributed by atoms with Crippen molar-refractivity contribution in [2.75, 3.05) is 0 Å². The third-order valence-corrected chi connectivity index (χ3v) is 2.27. The zero-order valence-electron chi connectivity index (χ0n) is 8.91. The zero-order chi connectivity index (χ0) is 12.3. The molecule has 1 unspecified atom stereocenters. The molecule has 3 nitrogen and oxygen atoms in total. The lowest BCUT2D eigenvalue weighted by Gasteiger charge is -2.12. The third kappa shape index (κ3) is 3.10. The number of aliphatic carboxylic acids is 1. The standard InChI is InChI=1S/C11H12ClFO3/c1-6(2)16-9-4-3-7(5-8(9)13)10(12)11(14)15/h3-6,10H,1-2H3,(H,14,15). The molecule has 0 saturated heterocycles. The van der Waals surface area contributed by atoms with Gasteiger partial charge in [0.25, 0.3) is 0 Å². The van der Waals surface area contributed by atoms with E-state index in [9.17, 15) is 9.18 Å². The molecule has 0 spiro atoms. The molecule has 0 saturated carbocycles. The molecular formula is C11H12ClFO3. The van der Waals surface area contributed by atoms with Gasteiger partial charge in [0.1, 0.15) is 0 Å². The van der Waals surface area contributed by atoms with Crippen LogP contribution in [0.1, 0.15) is 24.8 Å². The Morgan fingerprint density at radius 3 is 2.56 bits per heavy atom. The first-order valence-corrected chi connectivity index (χ1v) is 5.18. The summed E-state index contributed by atoms with van der Waals surface area (Å²) in [4.78, 5) is 10.6. The molecule has 1 aromatic rings. The van der Waals surface area contributed by atoms with Gasteiger partial charge >= 0.3 is 5.97 Å². The lowest BCUT2D eigenvalue weighted by molar-refractivity contribution is -0.136. The van der Waals surface area contributed by atoms with Gasteiger partial charge < -0.3 is 9.84 Å². The minimum Gasteiger partial charge on any atom is -0.488 e. The molecule has 1 aromatic carbocycles. The Kier molecular flexibility index (Phi) is 4.12. The summed E-state index contributed by atoms with van der Waals surface area (Å²) < 4.78 is 18.6. The summed E-state index contributed by atoms with van der Waals surface area (Å²) >= 11 is 5.56. The van der Waals surface area contributed by atoms with E-state index in [-0.39, 0.29) is 17.4 Å². The number of benzene rings is 1. The third-order valence-electron chi connectivity index (χ3n) is 1.83. The van der Waals surface area contributed by atoms with E-state index in [0.717, 1.165) is 6.07 Å². The van der Waals surface area contributed by atoms with Crippen molar-refractivity contribution in [1.82, 2.24) is 0 Å². The van der Waals surface area contributed by atoms with Crippen molar-refractivity contribution in [1.29, 1.82) is 0 Å². The lowest BCUT2D eigenvalue weighted by atomic mass is 10.1. The maximum absolute atomic E-state index is 13.5. The van der Waals surface area contributed by atoms with Crippen molar-refractivity contribution in [3.05, 3.63) is 29.6 Å². The van der Waals surface area contributed by atoms with Crippen LogP contribution in [-0.2, 0) is 4.79 Å². The van der Waals surface area contributed by atoms with Crippen molar-refractivity contribution < 1.29 is 19.0 Å². The number of halogens is 2. The largest absolute Gasteiger partial charge is 0.488 e. The fourth-order valence-electron chi connectivity index (χ4n) is 1.17. The molecule has 0 aliphatic carbocycles. The lowest BCUT2D eigenvalue weighted by Crippen LogP contribution is -2.09. The Bertz CT molecular complexity index is 393. The number of carboxylic acid groups (broad SMARTS) is 1. The van der Waals surface area contributed by atoms with E-state index in [1.165, 1.54) is 12.1 Å². The maximum atomic E-state index is 13.5. The molecule has 0 aliphatic heterocycles. The van der Waals surface area contributed by atoms with Crippen LogP contribution >= 0.6 is 11.6 Å². The average molecular weight is 247 g/mol. The molecule has 16 heavy (non-hydrogen) atoms. The van der Waals surface area contributed by atoms with Crippen LogP contribution in [0.15, 0.2) is 18.2 Å². The number of rotatable bonds is 4. The number of carbonyl (C=O) groups is 1. The molecule has 5 heteroatoms. The van der Waals surface area contributed by atoms with E-state index in [0.29, 0.717) is 0 Å². The predicted molar refractivity (Wildman–Crippen MR) is 58.4 cm³/mol. The van der Waals surface area contributed by atoms with E-state index >= 15 is 0 Å². The maximum Gasteiger partial charge on any atom is 0.326 e. The van der Waals surface area contributed by atoms with Crippen LogP contribution in [0.2, 0.25) is 0 Å². The van der Waals surface area contributed by atoms with Gasteiger partial charge in [0, 0.05) is 0 Å². The van der Waals surface area contributed by atoms with Crippen LogP contribution in [0.5, 0.6) is 5.75 Å². The summed E-state index contributed by atoms with van der Waals surface area (Å²) in [5.41, 5.74) is 0.197. The molecule has 88 valence electrons.